The second-order valence-corrected chi connectivity index (χ2v) is 6.28. The topological polar surface area (TPSA) is 58.1 Å². The summed E-state index contributed by atoms with van der Waals surface area (Å²) in [6.45, 7) is 3.52. The Kier molecular flexibility index (Phi) is 4.31. The molecule has 1 unspecified atom stereocenters. The Morgan fingerprint density at radius 3 is 2.90 bits per heavy atom. The van der Waals surface area contributed by atoms with Gasteiger partial charge in [0, 0.05) is 6.54 Å². The summed E-state index contributed by atoms with van der Waals surface area (Å²) in [5, 5.41) is 4.15. The number of halogens is 2. The third kappa shape index (κ3) is 2.61. The average Bonchev–Trinajstić information content (AvgIpc) is 3.06. The molecule has 0 bridgehead atoms. The highest BCUT2D eigenvalue weighted by Gasteiger charge is 2.34. The van der Waals surface area contributed by atoms with E-state index in [2.05, 4.69) is 21.0 Å². The zero-order valence-electron chi connectivity index (χ0n) is 11.4. The smallest absolute Gasteiger partial charge is 0.244 e. The number of amides is 1. The summed E-state index contributed by atoms with van der Waals surface area (Å²) < 4.78 is 8.43. The van der Waals surface area contributed by atoms with Gasteiger partial charge in [0.2, 0.25) is 5.91 Å². The minimum atomic E-state index is -0.154. The van der Waals surface area contributed by atoms with Crippen LogP contribution in [0.1, 0.15) is 19.8 Å². The van der Waals surface area contributed by atoms with Crippen LogP contribution in [0.15, 0.2) is 6.07 Å². The van der Waals surface area contributed by atoms with Crippen molar-refractivity contribution in [2.45, 2.75) is 25.8 Å². The first-order chi connectivity index (χ1) is 10.1. The summed E-state index contributed by atoms with van der Waals surface area (Å²) >= 11 is 13.5. The number of aromatic nitrogens is 2. The fourth-order valence-corrected chi connectivity index (χ4v) is 3.74. The van der Waals surface area contributed by atoms with Crippen molar-refractivity contribution < 1.29 is 4.79 Å². The monoisotopic (exact) mass is 344 g/mol. The van der Waals surface area contributed by atoms with Crippen LogP contribution >= 0.6 is 34.9 Å². The molecule has 21 heavy (non-hydrogen) atoms. The van der Waals surface area contributed by atoms with Crippen LogP contribution in [0.5, 0.6) is 0 Å². The SMILES string of the molecule is CCCNC1CCN(c2c(Cl)cc(Cl)c3nsnc23)C1=O. The zero-order valence-corrected chi connectivity index (χ0v) is 13.7. The minimum Gasteiger partial charge on any atom is -0.308 e. The maximum absolute atomic E-state index is 12.5. The van der Waals surface area contributed by atoms with Crippen molar-refractivity contribution in [1.29, 1.82) is 0 Å². The third-order valence-corrected chi connectivity index (χ3v) is 4.64. The van der Waals surface area contributed by atoms with Crippen LogP contribution in [0, 0.1) is 0 Å². The van der Waals surface area contributed by atoms with E-state index in [-0.39, 0.29) is 11.9 Å². The van der Waals surface area contributed by atoms with Crippen molar-refractivity contribution in [3.63, 3.8) is 0 Å². The molecule has 0 radical (unpaired) electrons. The summed E-state index contributed by atoms with van der Waals surface area (Å²) in [6, 6.07) is 1.47. The van der Waals surface area contributed by atoms with Gasteiger partial charge in [0.15, 0.2) is 0 Å². The van der Waals surface area contributed by atoms with E-state index in [4.69, 9.17) is 23.2 Å². The molecule has 5 nitrogen and oxygen atoms in total. The molecule has 1 aliphatic heterocycles. The number of anilines is 1. The van der Waals surface area contributed by atoms with Crippen molar-refractivity contribution >= 4 is 57.6 Å². The molecule has 1 aromatic heterocycles. The Hall–Kier alpha value is -0.950. The lowest BCUT2D eigenvalue weighted by Crippen LogP contribution is -2.38. The molecule has 2 aromatic rings. The molecular formula is C13H14Cl2N4OS. The van der Waals surface area contributed by atoms with E-state index in [9.17, 15) is 4.79 Å². The highest BCUT2D eigenvalue weighted by molar-refractivity contribution is 7.00. The predicted octanol–water partition coefficient (Wildman–Crippen LogP) is 3.10. The summed E-state index contributed by atoms with van der Waals surface area (Å²) in [5.41, 5.74) is 1.82. The molecule has 1 aliphatic rings. The average molecular weight is 345 g/mol. The van der Waals surface area contributed by atoms with E-state index in [1.54, 1.807) is 11.0 Å². The first-order valence-corrected chi connectivity index (χ1v) is 8.27. The fourth-order valence-electron chi connectivity index (χ4n) is 2.53. The lowest BCUT2D eigenvalue weighted by atomic mass is 10.2. The van der Waals surface area contributed by atoms with Gasteiger partial charge in [-0.2, -0.15) is 8.75 Å². The molecule has 1 amide bonds. The number of rotatable bonds is 4. The van der Waals surface area contributed by atoms with Crippen LogP contribution in [0.2, 0.25) is 10.0 Å². The number of carbonyl (C=O) groups excluding carboxylic acids is 1. The van der Waals surface area contributed by atoms with E-state index in [0.717, 1.165) is 31.1 Å². The van der Waals surface area contributed by atoms with Gasteiger partial charge in [-0.15, -0.1) is 0 Å². The molecule has 0 aliphatic carbocycles. The minimum absolute atomic E-state index is 0.0296. The van der Waals surface area contributed by atoms with Crippen molar-refractivity contribution in [2.24, 2.45) is 0 Å². The van der Waals surface area contributed by atoms with Gasteiger partial charge in [-0.1, -0.05) is 30.1 Å². The second-order valence-electron chi connectivity index (χ2n) is 4.94. The quantitative estimate of drug-likeness (QED) is 0.925. The zero-order chi connectivity index (χ0) is 15.0. The normalized spacial score (nSPS) is 18.9. The largest absolute Gasteiger partial charge is 0.308 e. The van der Waals surface area contributed by atoms with E-state index >= 15 is 0 Å². The molecule has 1 atom stereocenters. The Bertz CT molecular complexity index is 690. The van der Waals surface area contributed by atoms with Crippen LogP contribution < -0.4 is 10.2 Å². The predicted molar refractivity (Wildman–Crippen MR) is 86.5 cm³/mol. The van der Waals surface area contributed by atoms with Gasteiger partial charge in [-0.05, 0) is 25.5 Å². The maximum Gasteiger partial charge on any atom is 0.244 e. The molecule has 1 aromatic carbocycles. The molecule has 8 heteroatoms. The first kappa shape index (κ1) is 15.0. The van der Waals surface area contributed by atoms with Crippen LogP contribution in [0.4, 0.5) is 5.69 Å². The van der Waals surface area contributed by atoms with Gasteiger partial charge >= 0.3 is 0 Å². The Morgan fingerprint density at radius 1 is 1.38 bits per heavy atom. The Morgan fingerprint density at radius 2 is 2.14 bits per heavy atom. The van der Waals surface area contributed by atoms with Gasteiger partial charge in [0.05, 0.1) is 33.5 Å². The molecule has 0 spiro atoms. The number of nitrogens with zero attached hydrogens (tertiary/aromatic N) is 3. The van der Waals surface area contributed by atoms with Gasteiger partial charge in [-0.25, -0.2) is 0 Å². The Labute approximate surface area is 136 Å². The molecule has 1 saturated heterocycles. The van der Waals surface area contributed by atoms with Crippen molar-refractivity contribution in [1.82, 2.24) is 14.1 Å². The van der Waals surface area contributed by atoms with Crippen molar-refractivity contribution in [2.75, 3.05) is 18.0 Å². The number of hydrogen-bond donors (Lipinski definition) is 1. The van der Waals surface area contributed by atoms with Gasteiger partial charge in [0.1, 0.15) is 11.0 Å². The molecule has 0 saturated carbocycles. The second kappa shape index (κ2) is 6.04. The van der Waals surface area contributed by atoms with E-state index in [1.807, 2.05) is 0 Å². The molecule has 1 fully saturated rings. The number of fused-ring (bicyclic) bond motifs is 1. The molecule has 2 heterocycles. The van der Waals surface area contributed by atoms with Gasteiger partial charge < -0.3 is 10.2 Å². The van der Waals surface area contributed by atoms with Crippen LogP contribution in [0.3, 0.4) is 0 Å². The highest BCUT2D eigenvalue weighted by atomic mass is 35.5. The van der Waals surface area contributed by atoms with Crippen molar-refractivity contribution in [3.8, 4) is 0 Å². The molecule has 3 rings (SSSR count). The van der Waals surface area contributed by atoms with E-state index < -0.39 is 0 Å². The number of carbonyl (C=O) groups is 1. The summed E-state index contributed by atoms with van der Waals surface area (Å²) in [4.78, 5) is 14.2. The first-order valence-electron chi connectivity index (χ1n) is 6.78. The highest BCUT2D eigenvalue weighted by Crippen LogP contribution is 2.39. The lowest BCUT2D eigenvalue weighted by molar-refractivity contribution is -0.118. The lowest BCUT2D eigenvalue weighted by Gasteiger charge is -2.19. The molecular weight excluding hydrogens is 331 g/mol. The molecule has 1 N–H and O–H groups in total. The number of benzene rings is 1. The summed E-state index contributed by atoms with van der Waals surface area (Å²) in [5.74, 6) is 0.0296. The number of hydrogen-bond acceptors (Lipinski definition) is 5. The van der Waals surface area contributed by atoms with Crippen LogP contribution in [-0.2, 0) is 4.79 Å². The standard InChI is InChI=1S/C13H14Cl2N4OS/c1-2-4-16-9-3-5-19(13(9)20)12-8(15)6-7(14)10-11(12)18-21-17-10/h6,9,16H,2-5H2,1H3. The summed E-state index contributed by atoms with van der Waals surface area (Å²) in [6.07, 6.45) is 1.75. The summed E-state index contributed by atoms with van der Waals surface area (Å²) in [7, 11) is 0. The third-order valence-electron chi connectivity index (χ3n) is 3.53. The van der Waals surface area contributed by atoms with E-state index in [1.165, 1.54) is 0 Å². The fraction of sp³-hybridized carbons (Fsp3) is 0.462. The van der Waals surface area contributed by atoms with Gasteiger partial charge in [-0.3, -0.25) is 4.79 Å². The Balaban J connectivity index is 1.98. The molecule has 112 valence electrons. The van der Waals surface area contributed by atoms with Crippen LogP contribution in [0.25, 0.3) is 11.0 Å². The van der Waals surface area contributed by atoms with E-state index in [0.29, 0.717) is 33.3 Å². The maximum atomic E-state index is 12.5. The van der Waals surface area contributed by atoms with Gasteiger partial charge in [0.25, 0.3) is 0 Å². The van der Waals surface area contributed by atoms with Crippen molar-refractivity contribution in [3.05, 3.63) is 16.1 Å². The number of nitrogens with one attached hydrogen (secondary N) is 1. The van der Waals surface area contributed by atoms with Crippen LogP contribution in [-0.4, -0.2) is 33.8 Å².